The van der Waals surface area contributed by atoms with E-state index in [1.807, 2.05) is 17.8 Å². The second kappa shape index (κ2) is 7.25. The molecule has 2 aromatic rings. The average Bonchev–Trinajstić information content (AvgIpc) is 2.80. The van der Waals surface area contributed by atoms with Gasteiger partial charge < -0.3 is 5.32 Å². The summed E-state index contributed by atoms with van der Waals surface area (Å²) in [6, 6.07) is 8.42. The van der Waals surface area contributed by atoms with Crippen molar-refractivity contribution in [2.75, 3.05) is 7.05 Å². The van der Waals surface area contributed by atoms with E-state index in [9.17, 15) is 0 Å². The van der Waals surface area contributed by atoms with Crippen molar-refractivity contribution in [3.05, 3.63) is 51.2 Å². The molecule has 0 radical (unpaired) electrons. The fourth-order valence-electron chi connectivity index (χ4n) is 2.33. The van der Waals surface area contributed by atoms with Gasteiger partial charge in [-0.25, -0.2) is 0 Å². The van der Waals surface area contributed by atoms with Gasteiger partial charge in [-0.1, -0.05) is 52.7 Å². The Balaban J connectivity index is 2.29. The molecule has 3 nitrogen and oxygen atoms in total. The minimum atomic E-state index is 0.148. The maximum Gasteiger partial charge on any atom is 0.0834 e. The zero-order valence-corrected chi connectivity index (χ0v) is 14.1. The highest BCUT2D eigenvalue weighted by atomic mass is 79.9. The molecule has 1 aromatic heterocycles. The van der Waals surface area contributed by atoms with Crippen LogP contribution in [0.2, 0.25) is 5.02 Å². The number of hydrogen-bond donors (Lipinski definition) is 1. The first-order chi connectivity index (χ1) is 9.67. The fraction of sp³-hybridized carbons (Fsp3) is 0.400. The molecule has 0 saturated heterocycles. The Morgan fingerprint density at radius 2 is 2.15 bits per heavy atom. The van der Waals surface area contributed by atoms with E-state index in [0.717, 1.165) is 34.6 Å². The topological polar surface area (TPSA) is 29.9 Å². The Labute approximate surface area is 133 Å². The van der Waals surface area contributed by atoms with Crippen molar-refractivity contribution in [3.8, 4) is 0 Å². The van der Waals surface area contributed by atoms with Crippen molar-refractivity contribution in [2.24, 2.45) is 0 Å². The van der Waals surface area contributed by atoms with Crippen molar-refractivity contribution in [2.45, 2.75) is 32.4 Å². The molecule has 0 saturated carbocycles. The number of rotatable bonds is 6. The molecule has 0 aliphatic heterocycles. The molecule has 0 fully saturated rings. The van der Waals surface area contributed by atoms with Crippen molar-refractivity contribution < 1.29 is 0 Å². The summed E-state index contributed by atoms with van der Waals surface area (Å²) in [6.45, 7) is 3.03. The molecule has 0 aliphatic rings. The number of hydrogen-bond acceptors (Lipinski definition) is 2. The summed E-state index contributed by atoms with van der Waals surface area (Å²) in [5.41, 5.74) is 2.32. The lowest BCUT2D eigenvalue weighted by Crippen LogP contribution is -2.23. The predicted octanol–water partition coefficient (Wildman–Crippen LogP) is 4.21. The lowest BCUT2D eigenvalue weighted by atomic mass is 10.0. The highest BCUT2D eigenvalue weighted by molar-refractivity contribution is 9.10. The van der Waals surface area contributed by atoms with Gasteiger partial charge in [0, 0.05) is 11.0 Å². The average molecular weight is 357 g/mol. The summed E-state index contributed by atoms with van der Waals surface area (Å²) in [5, 5.41) is 8.45. The zero-order chi connectivity index (χ0) is 14.5. The Morgan fingerprint density at radius 1 is 1.40 bits per heavy atom. The van der Waals surface area contributed by atoms with Crippen LogP contribution in [0, 0.1) is 0 Å². The molecule has 1 heterocycles. The Morgan fingerprint density at radius 3 is 2.80 bits per heavy atom. The number of halogens is 2. The molecule has 1 atom stereocenters. The largest absolute Gasteiger partial charge is 0.311 e. The lowest BCUT2D eigenvalue weighted by molar-refractivity contribution is 0.496. The van der Waals surface area contributed by atoms with E-state index in [-0.39, 0.29) is 6.04 Å². The van der Waals surface area contributed by atoms with Crippen LogP contribution >= 0.6 is 27.5 Å². The van der Waals surface area contributed by atoms with Gasteiger partial charge in [0.1, 0.15) is 0 Å². The number of aryl methyl sites for hydroxylation is 1. The molecule has 108 valence electrons. The van der Waals surface area contributed by atoms with Crippen LogP contribution in [0.5, 0.6) is 0 Å². The first-order valence-corrected chi connectivity index (χ1v) is 7.96. The van der Waals surface area contributed by atoms with E-state index in [2.05, 4.69) is 51.5 Å². The van der Waals surface area contributed by atoms with Gasteiger partial charge in [-0.2, -0.15) is 5.10 Å². The third-order valence-electron chi connectivity index (χ3n) is 3.33. The monoisotopic (exact) mass is 355 g/mol. The summed E-state index contributed by atoms with van der Waals surface area (Å²) >= 11 is 9.93. The number of aromatic nitrogens is 2. The van der Waals surface area contributed by atoms with Gasteiger partial charge in [0.05, 0.1) is 23.0 Å². The Kier molecular flexibility index (Phi) is 5.64. The van der Waals surface area contributed by atoms with Crippen LogP contribution in [0.3, 0.4) is 0 Å². The highest BCUT2D eigenvalue weighted by Crippen LogP contribution is 2.28. The van der Waals surface area contributed by atoms with E-state index in [0.29, 0.717) is 0 Å². The van der Waals surface area contributed by atoms with Crippen molar-refractivity contribution in [1.29, 1.82) is 0 Å². The van der Waals surface area contributed by atoms with Gasteiger partial charge in [-0.15, -0.1) is 0 Å². The van der Waals surface area contributed by atoms with Crippen LogP contribution in [-0.2, 0) is 13.0 Å². The first kappa shape index (κ1) is 15.5. The van der Waals surface area contributed by atoms with Gasteiger partial charge in [0.15, 0.2) is 0 Å². The molecule has 20 heavy (non-hydrogen) atoms. The first-order valence-electron chi connectivity index (χ1n) is 6.79. The second-order valence-electron chi connectivity index (χ2n) is 4.74. The lowest BCUT2D eigenvalue weighted by Gasteiger charge is -2.19. The Hall–Kier alpha value is -0.840. The molecule has 2 rings (SSSR count). The van der Waals surface area contributed by atoms with Gasteiger partial charge in [0.25, 0.3) is 0 Å². The Bertz CT molecular complexity index is 568. The van der Waals surface area contributed by atoms with Crippen LogP contribution in [0.15, 0.2) is 34.9 Å². The molecular formula is C15H19BrClN3. The molecular weight excluding hydrogens is 338 g/mol. The molecule has 1 N–H and O–H groups in total. The van der Waals surface area contributed by atoms with Crippen LogP contribution in [0.1, 0.15) is 30.6 Å². The maximum absolute atomic E-state index is 6.33. The summed E-state index contributed by atoms with van der Waals surface area (Å²) < 4.78 is 3.12. The quantitative estimate of drug-likeness (QED) is 0.840. The summed E-state index contributed by atoms with van der Waals surface area (Å²) in [5.74, 6) is 0. The van der Waals surface area contributed by atoms with E-state index >= 15 is 0 Å². The molecule has 1 unspecified atom stereocenters. The van der Waals surface area contributed by atoms with Crippen LogP contribution in [0.4, 0.5) is 0 Å². The van der Waals surface area contributed by atoms with Gasteiger partial charge in [0.2, 0.25) is 0 Å². The van der Waals surface area contributed by atoms with E-state index < -0.39 is 0 Å². The smallest absolute Gasteiger partial charge is 0.0834 e. The van der Waals surface area contributed by atoms with Crippen molar-refractivity contribution in [1.82, 2.24) is 15.1 Å². The molecule has 5 heteroatoms. The normalized spacial score (nSPS) is 12.6. The van der Waals surface area contributed by atoms with Gasteiger partial charge in [-0.05, 0) is 31.5 Å². The number of benzene rings is 1. The van der Waals surface area contributed by atoms with E-state index in [1.165, 1.54) is 5.56 Å². The number of likely N-dealkylation sites (N-methyl/N-ethyl adjacent to an activating group) is 1. The summed E-state index contributed by atoms with van der Waals surface area (Å²) in [6.07, 6.45) is 3.64. The van der Waals surface area contributed by atoms with Crippen molar-refractivity contribution >= 4 is 27.5 Å². The maximum atomic E-state index is 6.33. The molecule has 0 bridgehead atoms. The summed E-state index contributed by atoms with van der Waals surface area (Å²) in [4.78, 5) is 0. The molecule has 0 spiro atoms. The zero-order valence-electron chi connectivity index (χ0n) is 11.7. The predicted molar refractivity (Wildman–Crippen MR) is 87.2 cm³/mol. The van der Waals surface area contributed by atoms with Crippen LogP contribution in [-0.4, -0.2) is 16.8 Å². The number of nitrogens with one attached hydrogen (secondary N) is 1. The van der Waals surface area contributed by atoms with Crippen LogP contribution in [0.25, 0.3) is 0 Å². The highest BCUT2D eigenvalue weighted by Gasteiger charge is 2.19. The van der Waals surface area contributed by atoms with Crippen LogP contribution < -0.4 is 5.32 Å². The minimum absolute atomic E-state index is 0.148. The fourth-order valence-corrected chi connectivity index (χ4v) is 3.05. The molecule has 0 aliphatic carbocycles. The van der Waals surface area contributed by atoms with E-state index in [1.54, 1.807) is 6.20 Å². The van der Waals surface area contributed by atoms with Gasteiger partial charge >= 0.3 is 0 Å². The van der Waals surface area contributed by atoms with Crippen molar-refractivity contribution in [3.63, 3.8) is 0 Å². The standard InChI is InChI=1S/C15H19BrClN3/c1-3-8-20-15(13(17)10-19-20)14(18-2)9-11-6-4-5-7-12(11)16/h4-7,10,14,18H,3,8-9H2,1-2H3. The SMILES string of the molecule is CCCn1ncc(Cl)c1C(Cc1ccccc1Br)NC. The minimum Gasteiger partial charge on any atom is -0.311 e. The summed E-state index contributed by atoms with van der Waals surface area (Å²) in [7, 11) is 1.96. The third kappa shape index (κ3) is 3.43. The van der Waals surface area contributed by atoms with Gasteiger partial charge in [-0.3, -0.25) is 4.68 Å². The second-order valence-corrected chi connectivity index (χ2v) is 6.00. The molecule has 1 aromatic carbocycles. The van der Waals surface area contributed by atoms with E-state index in [4.69, 9.17) is 11.6 Å². The molecule has 0 amide bonds. The third-order valence-corrected chi connectivity index (χ3v) is 4.39. The number of nitrogens with zero attached hydrogens (tertiary/aromatic N) is 2.